The highest BCUT2D eigenvalue weighted by molar-refractivity contribution is 4.87. The minimum Gasteiger partial charge on any atom is -0.302 e. The van der Waals surface area contributed by atoms with Crippen LogP contribution in [0.3, 0.4) is 0 Å². The molecule has 0 aliphatic carbocycles. The predicted molar refractivity (Wildman–Crippen MR) is 36.7 cm³/mol. The summed E-state index contributed by atoms with van der Waals surface area (Å²) < 4.78 is 0. The summed E-state index contributed by atoms with van der Waals surface area (Å²) in [5, 5.41) is 6.11. The van der Waals surface area contributed by atoms with Crippen molar-refractivity contribution < 1.29 is 0 Å². The number of rotatable bonds is 3. The van der Waals surface area contributed by atoms with E-state index in [0.29, 0.717) is 6.17 Å². The summed E-state index contributed by atoms with van der Waals surface area (Å²) in [6.07, 6.45) is 4.39. The van der Waals surface area contributed by atoms with Gasteiger partial charge in [0, 0.05) is 0 Å². The van der Waals surface area contributed by atoms with Gasteiger partial charge >= 0.3 is 0 Å². The van der Waals surface area contributed by atoms with E-state index in [-0.39, 0.29) is 0 Å². The zero-order chi connectivity index (χ0) is 6.41. The molecule has 0 saturated heterocycles. The summed E-state index contributed by atoms with van der Waals surface area (Å²) in [7, 11) is 3.84. The lowest BCUT2D eigenvalue weighted by atomic mass is 10.4. The first-order valence-electron chi connectivity index (χ1n) is 2.82. The molecule has 0 fully saturated rings. The van der Waals surface area contributed by atoms with Crippen LogP contribution in [0, 0.1) is 0 Å². The molecule has 2 nitrogen and oxygen atoms in total. The second kappa shape index (κ2) is 4.81. The second-order valence-electron chi connectivity index (χ2n) is 1.58. The van der Waals surface area contributed by atoms with Gasteiger partial charge in [-0.15, -0.1) is 0 Å². The van der Waals surface area contributed by atoms with Crippen molar-refractivity contribution in [3.63, 3.8) is 0 Å². The molecular formula is C6H14N2. The number of hydrogen-bond acceptors (Lipinski definition) is 2. The fraction of sp³-hybridized carbons (Fsp3) is 0.667. The van der Waals surface area contributed by atoms with Gasteiger partial charge in [-0.05, 0) is 21.0 Å². The number of likely N-dealkylation sites (N-methyl/N-ethyl adjacent to an activating group) is 2. The summed E-state index contributed by atoms with van der Waals surface area (Å²) in [4.78, 5) is 0. The fourth-order valence-corrected chi connectivity index (χ4v) is 0.529. The third-order valence-corrected chi connectivity index (χ3v) is 1.01. The Kier molecular flexibility index (Phi) is 4.61. The van der Waals surface area contributed by atoms with Gasteiger partial charge in [0.05, 0.1) is 6.17 Å². The van der Waals surface area contributed by atoms with Crippen molar-refractivity contribution in [1.29, 1.82) is 0 Å². The first-order chi connectivity index (χ1) is 3.85. The molecule has 48 valence electrons. The summed E-state index contributed by atoms with van der Waals surface area (Å²) in [6.45, 7) is 2.00. The van der Waals surface area contributed by atoms with E-state index in [2.05, 4.69) is 16.7 Å². The highest BCUT2D eigenvalue weighted by Crippen LogP contribution is 1.75. The minimum atomic E-state index is 0.319. The first-order valence-corrected chi connectivity index (χ1v) is 2.82. The van der Waals surface area contributed by atoms with Crippen LogP contribution in [-0.4, -0.2) is 20.3 Å². The largest absolute Gasteiger partial charge is 0.302 e. The highest BCUT2D eigenvalue weighted by atomic mass is 15.1. The van der Waals surface area contributed by atoms with Gasteiger partial charge in [0.2, 0.25) is 0 Å². The molecule has 0 aromatic carbocycles. The quantitative estimate of drug-likeness (QED) is 0.408. The van der Waals surface area contributed by atoms with E-state index in [1.807, 2.05) is 27.1 Å². The molecule has 0 spiro atoms. The van der Waals surface area contributed by atoms with Gasteiger partial charge in [-0.1, -0.05) is 12.2 Å². The van der Waals surface area contributed by atoms with Gasteiger partial charge in [-0.25, -0.2) is 0 Å². The molecule has 0 unspecified atom stereocenters. The van der Waals surface area contributed by atoms with Crippen LogP contribution < -0.4 is 10.6 Å². The van der Waals surface area contributed by atoms with E-state index in [1.165, 1.54) is 0 Å². The average Bonchev–Trinajstić information content (AvgIpc) is 1.83. The van der Waals surface area contributed by atoms with Gasteiger partial charge in [0.1, 0.15) is 0 Å². The lowest BCUT2D eigenvalue weighted by Crippen LogP contribution is -2.35. The van der Waals surface area contributed by atoms with Crippen molar-refractivity contribution in [2.75, 3.05) is 14.1 Å². The Morgan fingerprint density at radius 2 is 1.75 bits per heavy atom. The maximum atomic E-state index is 3.05. The number of allylic oxidation sites excluding steroid dienone is 1. The third-order valence-electron chi connectivity index (χ3n) is 1.01. The van der Waals surface area contributed by atoms with Crippen LogP contribution in [0.25, 0.3) is 0 Å². The molecule has 0 radical (unpaired) electrons. The smallest absolute Gasteiger partial charge is 0.0759 e. The van der Waals surface area contributed by atoms with Crippen LogP contribution >= 0.6 is 0 Å². The van der Waals surface area contributed by atoms with Crippen LogP contribution in [-0.2, 0) is 0 Å². The zero-order valence-electron chi connectivity index (χ0n) is 5.73. The molecule has 0 aromatic heterocycles. The lowest BCUT2D eigenvalue weighted by Gasteiger charge is -2.07. The van der Waals surface area contributed by atoms with Crippen LogP contribution in [0.1, 0.15) is 6.92 Å². The predicted octanol–water partition coefficient (Wildman–Crippen LogP) is 0.327. The van der Waals surface area contributed by atoms with Gasteiger partial charge < -0.3 is 10.6 Å². The van der Waals surface area contributed by atoms with Crippen LogP contribution in [0.2, 0.25) is 0 Å². The molecule has 0 aliphatic rings. The Balaban J connectivity index is 3.36. The molecule has 0 rings (SSSR count). The van der Waals surface area contributed by atoms with Gasteiger partial charge in [-0.2, -0.15) is 0 Å². The lowest BCUT2D eigenvalue weighted by molar-refractivity contribution is 0.587. The monoisotopic (exact) mass is 114 g/mol. The Labute approximate surface area is 51.0 Å². The maximum absolute atomic E-state index is 3.05. The normalized spacial score (nSPS) is 11.5. The molecular weight excluding hydrogens is 100 g/mol. The van der Waals surface area contributed by atoms with E-state index in [4.69, 9.17) is 0 Å². The van der Waals surface area contributed by atoms with E-state index >= 15 is 0 Å². The van der Waals surface area contributed by atoms with Gasteiger partial charge in [0.15, 0.2) is 0 Å². The fourth-order valence-electron chi connectivity index (χ4n) is 0.529. The molecule has 0 amide bonds. The molecule has 0 aliphatic heterocycles. The minimum absolute atomic E-state index is 0.319. The SMILES string of the molecule is CC=CC(NC)NC. The average molecular weight is 114 g/mol. The first kappa shape index (κ1) is 7.66. The van der Waals surface area contributed by atoms with Crippen LogP contribution in [0.5, 0.6) is 0 Å². The molecule has 8 heavy (non-hydrogen) atoms. The molecule has 0 atom stereocenters. The molecule has 2 N–H and O–H groups in total. The van der Waals surface area contributed by atoms with Crippen LogP contribution in [0.15, 0.2) is 12.2 Å². The molecule has 0 aromatic rings. The highest BCUT2D eigenvalue weighted by Gasteiger charge is 1.90. The Morgan fingerprint density at radius 3 is 1.88 bits per heavy atom. The number of nitrogens with one attached hydrogen (secondary N) is 2. The Morgan fingerprint density at radius 1 is 1.25 bits per heavy atom. The standard InChI is InChI=1S/C6H14N2/c1-4-5-6(7-2)8-3/h4-8H,1-3H3. The van der Waals surface area contributed by atoms with Crippen molar-refractivity contribution in [3.05, 3.63) is 12.2 Å². The van der Waals surface area contributed by atoms with E-state index < -0.39 is 0 Å². The Hall–Kier alpha value is -0.340. The third kappa shape index (κ3) is 2.77. The van der Waals surface area contributed by atoms with Crippen LogP contribution in [0.4, 0.5) is 0 Å². The summed E-state index contributed by atoms with van der Waals surface area (Å²) in [5.41, 5.74) is 0. The van der Waals surface area contributed by atoms with Crippen molar-refractivity contribution >= 4 is 0 Å². The van der Waals surface area contributed by atoms with Crippen molar-refractivity contribution in [3.8, 4) is 0 Å². The summed E-state index contributed by atoms with van der Waals surface area (Å²) in [6, 6.07) is 0. The van der Waals surface area contributed by atoms with Crippen molar-refractivity contribution in [2.45, 2.75) is 13.1 Å². The van der Waals surface area contributed by atoms with Crippen molar-refractivity contribution in [1.82, 2.24) is 10.6 Å². The second-order valence-corrected chi connectivity index (χ2v) is 1.58. The van der Waals surface area contributed by atoms with E-state index in [0.717, 1.165) is 0 Å². The topological polar surface area (TPSA) is 24.1 Å². The van der Waals surface area contributed by atoms with Crippen molar-refractivity contribution in [2.24, 2.45) is 0 Å². The Bertz CT molecular complexity index is 64.9. The number of hydrogen-bond donors (Lipinski definition) is 2. The molecule has 2 heteroatoms. The van der Waals surface area contributed by atoms with Gasteiger partial charge in [0.25, 0.3) is 0 Å². The van der Waals surface area contributed by atoms with Gasteiger partial charge in [-0.3, -0.25) is 0 Å². The maximum Gasteiger partial charge on any atom is 0.0759 e. The molecule has 0 bridgehead atoms. The van der Waals surface area contributed by atoms with E-state index in [9.17, 15) is 0 Å². The summed E-state index contributed by atoms with van der Waals surface area (Å²) in [5.74, 6) is 0. The zero-order valence-corrected chi connectivity index (χ0v) is 5.73. The molecule has 0 saturated carbocycles. The van der Waals surface area contributed by atoms with E-state index in [1.54, 1.807) is 0 Å². The molecule has 0 heterocycles. The summed E-state index contributed by atoms with van der Waals surface area (Å²) >= 11 is 0.